The standard InChI is InChI=1S/C16H22ClFN2/c17-13-5-6-14(15(18)7-13)16(8-19)20(9-11-1-2-11)10-12-3-4-12/h5-7,11-12,16H,1-4,8-10,19H2. The molecule has 1 aromatic rings. The first-order valence-corrected chi connectivity index (χ1v) is 7.94. The summed E-state index contributed by atoms with van der Waals surface area (Å²) in [6.07, 6.45) is 5.23. The molecule has 0 aliphatic heterocycles. The molecule has 0 saturated heterocycles. The molecule has 2 aliphatic rings. The fourth-order valence-corrected chi connectivity index (χ4v) is 3.00. The van der Waals surface area contributed by atoms with Crippen molar-refractivity contribution in [2.45, 2.75) is 31.7 Å². The summed E-state index contributed by atoms with van der Waals surface area (Å²) < 4.78 is 14.2. The Morgan fingerprint density at radius 2 is 1.80 bits per heavy atom. The Balaban J connectivity index is 1.79. The van der Waals surface area contributed by atoms with Gasteiger partial charge in [-0.2, -0.15) is 0 Å². The van der Waals surface area contributed by atoms with E-state index in [0.717, 1.165) is 24.9 Å². The lowest BCUT2D eigenvalue weighted by atomic mass is 10.0. The van der Waals surface area contributed by atoms with E-state index in [9.17, 15) is 4.39 Å². The van der Waals surface area contributed by atoms with E-state index >= 15 is 0 Å². The van der Waals surface area contributed by atoms with Crippen LogP contribution in [0.4, 0.5) is 4.39 Å². The zero-order valence-corrected chi connectivity index (χ0v) is 12.5. The molecule has 2 nitrogen and oxygen atoms in total. The normalized spacial score (nSPS) is 20.4. The summed E-state index contributed by atoms with van der Waals surface area (Å²) >= 11 is 5.85. The monoisotopic (exact) mass is 296 g/mol. The van der Waals surface area contributed by atoms with Crippen molar-refractivity contribution in [2.75, 3.05) is 19.6 Å². The maximum absolute atomic E-state index is 14.2. The molecular formula is C16H22ClFN2. The number of hydrogen-bond acceptors (Lipinski definition) is 2. The molecule has 1 aromatic carbocycles. The fourth-order valence-electron chi connectivity index (χ4n) is 2.84. The second kappa shape index (κ2) is 6.00. The van der Waals surface area contributed by atoms with Crippen LogP contribution in [0.3, 0.4) is 0 Å². The van der Waals surface area contributed by atoms with Gasteiger partial charge >= 0.3 is 0 Å². The van der Waals surface area contributed by atoms with Crippen LogP contribution < -0.4 is 5.73 Å². The van der Waals surface area contributed by atoms with Crippen LogP contribution >= 0.6 is 11.6 Å². The summed E-state index contributed by atoms with van der Waals surface area (Å²) in [6.45, 7) is 2.57. The van der Waals surface area contributed by atoms with Crippen LogP contribution in [-0.4, -0.2) is 24.5 Å². The Labute approximate surface area is 125 Å². The molecule has 0 aromatic heterocycles. The van der Waals surface area contributed by atoms with Crippen molar-refractivity contribution < 1.29 is 4.39 Å². The largest absolute Gasteiger partial charge is 0.329 e. The van der Waals surface area contributed by atoms with Crippen LogP contribution in [0, 0.1) is 17.7 Å². The van der Waals surface area contributed by atoms with Crippen LogP contribution in [0.25, 0.3) is 0 Å². The zero-order chi connectivity index (χ0) is 14.1. The molecule has 0 amide bonds. The average molecular weight is 297 g/mol. The predicted molar refractivity (Wildman–Crippen MR) is 80.2 cm³/mol. The maximum Gasteiger partial charge on any atom is 0.129 e. The minimum atomic E-state index is -0.232. The minimum absolute atomic E-state index is 0.0199. The molecule has 3 rings (SSSR count). The van der Waals surface area contributed by atoms with Crippen molar-refractivity contribution in [3.05, 3.63) is 34.6 Å². The average Bonchev–Trinajstić information content (AvgIpc) is 3.28. The Hall–Kier alpha value is -0.640. The van der Waals surface area contributed by atoms with Gasteiger partial charge in [-0.1, -0.05) is 17.7 Å². The van der Waals surface area contributed by atoms with Crippen LogP contribution in [-0.2, 0) is 0 Å². The third-order valence-electron chi connectivity index (χ3n) is 4.36. The number of halogens is 2. The molecule has 4 heteroatoms. The van der Waals surface area contributed by atoms with Crippen LogP contribution in [0.2, 0.25) is 5.02 Å². The summed E-state index contributed by atoms with van der Waals surface area (Å²) in [5.41, 5.74) is 6.66. The minimum Gasteiger partial charge on any atom is -0.329 e. The van der Waals surface area contributed by atoms with Crippen molar-refractivity contribution in [3.8, 4) is 0 Å². The van der Waals surface area contributed by atoms with E-state index in [1.807, 2.05) is 0 Å². The lowest BCUT2D eigenvalue weighted by molar-refractivity contribution is 0.181. The van der Waals surface area contributed by atoms with Crippen LogP contribution in [0.1, 0.15) is 37.3 Å². The van der Waals surface area contributed by atoms with Gasteiger partial charge in [-0.3, -0.25) is 4.90 Å². The second-order valence-corrected chi connectivity index (χ2v) is 6.69. The van der Waals surface area contributed by atoms with E-state index in [4.69, 9.17) is 17.3 Å². The van der Waals surface area contributed by atoms with Crippen molar-refractivity contribution in [3.63, 3.8) is 0 Å². The van der Waals surface area contributed by atoms with E-state index in [0.29, 0.717) is 17.1 Å². The number of benzene rings is 1. The van der Waals surface area contributed by atoms with Crippen molar-refractivity contribution in [1.82, 2.24) is 4.90 Å². The lowest BCUT2D eigenvalue weighted by Crippen LogP contribution is -2.37. The first kappa shape index (κ1) is 14.3. The summed E-state index contributed by atoms with van der Waals surface area (Å²) in [7, 11) is 0. The van der Waals surface area contributed by atoms with Crippen molar-refractivity contribution >= 4 is 11.6 Å². The Morgan fingerprint density at radius 3 is 2.25 bits per heavy atom. The van der Waals surface area contributed by atoms with E-state index in [1.165, 1.54) is 31.7 Å². The first-order valence-electron chi connectivity index (χ1n) is 7.56. The molecule has 2 fully saturated rings. The van der Waals surface area contributed by atoms with E-state index in [2.05, 4.69) is 4.90 Å². The molecule has 0 spiro atoms. The van der Waals surface area contributed by atoms with E-state index < -0.39 is 0 Å². The number of rotatable bonds is 7. The number of hydrogen-bond donors (Lipinski definition) is 1. The van der Waals surface area contributed by atoms with Gasteiger partial charge in [0.1, 0.15) is 5.82 Å². The highest BCUT2D eigenvalue weighted by molar-refractivity contribution is 6.30. The fraction of sp³-hybridized carbons (Fsp3) is 0.625. The highest BCUT2D eigenvalue weighted by atomic mass is 35.5. The third-order valence-corrected chi connectivity index (χ3v) is 4.60. The summed E-state index contributed by atoms with van der Waals surface area (Å²) in [4.78, 5) is 2.40. The molecule has 2 saturated carbocycles. The smallest absolute Gasteiger partial charge is 0.129 e. The molecule has 110 valence electrons. The molecular weight excluding hydrogens is 275 g/mol. The highest BCUT2D eigenvalue weighted by Crippen LogP contribution is 2.37. The third kappa shape index (κ3) is 3.51. The Morgan fingerprint density at radius 1 is 1.20 bits per heavy atom. The predicted octanol–water partition coefficient (Wildman–Crippen LogP) is 3.60. The van der Waals surface area contributed by atoms with Gasteiger partial charge < -0.3 is 5.73 Å². The van der Waals surface area contributed by atoms with Crippen LogP contribution in [0.5, 0.6) is 0 Å². The quantitative estimate of drug-likeness (QED) is 0.833. The van der Waals surface area contributed by atoms with Crippen molar-refractivity contribution in [2.24, 2.45) is 17.6 Å². The van der Waals surface area contributed by atoms with Gasteiger partial charge in [0.25, 0.3) is 0 Å². The van der Waals surface area contributed by atoms with Gasteiger partial charge in [0.05, 0.1) is 0 Å². The molecule has 1 unspecified atom stereocenters. The zero-order valence-electron chi connectivity index (χ0n) is 11.7. The molecule has 1 atom stereocenters. The van der Waals surface area contributed by atoms with E-state index in [-0.39, 0.29) is 11.9 Å². The molecule has 2 aliphatic carbocycles. The van der Waals surface area contributed by atoms with Gasteiger partial charge in [0, 0.05) is 36.3 Å². The molecule has 0 radical (unpaired) electrons. The van der Waals surface area contributed by atoms with E-state index in [1.54, 1.807) is 12.1 Å². The van der Waals surface area contributed by atoms with Gasteiger partial charge in [-0.15, -0.1) is 0 Å². The lowest BCUT2D eigenvalue weighted by Gasteiger charge is -2.31. The number of nitrogens with zero attached hydrogens (tertiary/aromatic N) is 1. The van der Waals surface area contributed by atoms with Gasteiger partial charge in [-0.05, 0) is 49.7 Å². The van der Waals surface area contributed by atoms with Gasteiger partial charge in [0.15, 0.2) is 0 Å². The number of nitrogens with two attached hydrogens (primary N) is 1. The summed E-state index contributed by atoms with van der Waals surface area (Å²) in [5.74, 6) is 1.35. The van der Waals surface area contributed by atoms with Gasteiger partial charge in [0.2, 0.25) is 0 Å². The second-order valence-electron chi connectivity index (χ2n) is 6.26. The molecule has 0 heterocycles. The topological polar surface area (TPSA) is 29.3 Å². The van der Waals surface area contributed by atoms with Crippen molar-refractivity contribution in [1.29, 1.82) is 0 Å². The summed E-state index contributed by atoms with van der Waals surface area (Å²) in [6, 6.07) is 4.93. The molecule has 2 N–H and O–H groups in total. The molecule has 20 heavy (non-hydrogen) atoms. The maximum atomic E-state index is 14.2. The first-order chi connectivity index (χ1) is 9.67. The summed E-state index contributed by atoms with van der Waals surface area (Å²) in [5, 5.41) is 0.443. The highest BCUT2D eigenvalue weighted by Gasteiger charge is 2.33. The Kier molecular flexibility index (Phi) is 4.29. The Bertz CT molecular complexity index is 458. The van der Waals surface area contributed by atoms with Crippen LogP contribution in [0.15, 0.2) is 18.2 Å². The SMILES string of the molecule is NCC(c1ccc(Cl)cc1F)N(CC1CC1)CC1CC1. The molecule has 0 bridgehead atoms. The van der Waals surface area contributed by atoms with Gasteiger partial charge in [-0.25, -0.2) is 4.39 Å².